The van der Waals surface area contributed by atoms with Gasteiger partial charge in [-0.1, -0.05) is 42.4 Å². The van der Waals surface area contributed by atoms with Gasteiger partial charge in [0.1, 0.15) is 7.85 Å². The molecule has 0 bridgehead atoms. The van der Waals surface area contributed by atoms with E-state index in [1.165, 1.54) is 5.46 Å². The summed E-state index contributed by atoms with van der Waals surface area (Å²) >= 11 is 0. The van der Waals surface area contributed by atoms with Crippen LogP contribution in [-0.2, 0) is 4.79 Å². The molecule has 1 amide bonds. The molecule has 0 spiro atoms. The Hall–Kier alpha value is -1.59. The molecule has 6 N–H and O–H groups in total. The van der Waals surface area contributed by atoms with E-state index < -0.39 is 5.91 Å². The summed E-state index contributed by atoms with van der Waals surface area (Å²) in [5.74, 6) is -0.481. The molecule has 0 unspecified atom stereocenters. The van der Waals surface area contributed by atoms with E-state index in [1.54, 1.807) is 0 Å². The van der Waals surface area contributed by atoms with Gasteiger partial charge in [-0.25, -0.2) is 0 Å². The minimum absolute atomic E-state index is 0. The van der Waals surface area contributed by atoms with Crippen molar-refractivity contribution in [2.45, 2.75) is 0 Å². The smallest absolute Gasteiger partial charge is 0.240 e. The van der Waals surface area contributed by atoms with Crippen molar-refractivity contribution in [3.63, 3.8) is 0 Å². The van der Waals surface area contributed by atoms with Gasteiger partial charge in [-0.05, 0) is 6.08 Å². The van der Waals surface area contributed by atoms with Crippen molar-refractivity contribution < 1.29 is 15.7 Å². The summed E-state index contributed by atoms with van der Waals surface area (Å²) in [4.78, 5) is 9.47. The van der Waals surface area contributed by atoms with Crippen LogP contribution < -0.4 is 11.2 Å². The van der Waals surface area contributed by atoms with Crippen molar-refractivity contribution in [3.05, 3.63) is 43.0 Å². The predicted octanol–water partition coefficient (Wildman–Crippen LogP) is -2.05. The van der Waals surface area contributed by atoms with Crippen molar-refractivity contribution in [2.24, 2.45) is 5.73 Å². The van der Waals surface area contributed by atoms with Gasteiger partial charge in [0.2, 0.25) is 5.91 Å². The van der Waals surface area contributed by atoms with Gasteiger partial charge in [-0.3, -0.25) is 4.79 Å². The number of amides is 1. The summed E-state index contributed by atoms with van der Waals surface area (Å²) in [7, 11) is 2.08. The third-order valence-electron chi connectivity index (χ3n) is 1.14. The Morgan fingerprint density at radius 3 is 1.79 bits per heavy atom. The first-order valence-electron chi connectivity index (χ1n) is 3.60. The number of primary amides is 1. The Bertz CT molecular complexity index is 251. The fraction of sp³-hybridized carbons (Fsp3) is 0. The van der Waals surface area contributed by atoms with Gasteiger partial charge in [0, 0.05) is 0 Å². The van der Waals surface area contributed by atoms with Gasteiger partial charge >= 0.3 is 0 Å². The molecule has 0 aliphatic heterocycles. The minimum atomic E-state index is -0.481. The van der Waals surface area contributed by atoms with Gasteiger partial charge < -0.3 is 16.7 Å². The lowest BCUT2D eigenvalue weighted by Gasteiger charge is -1.82. The molecule has 0 aliphatic rings. The van der Waals surface area contributed by atoms with E-state index in [-0.39, 0.29) is 11.0 Å². The lowest BCUT2D eigenvalue weighted by molar-refractivity contribution is -0.113. The lowest BCUT2D eigenvalue weighted by Crippen LogP contribution is -2.04. The summed E-state index contributed by atoms with van der Waals surface area (Å²) in [6.07, 6.45) is 1.06. The Balaban J connectivity index is -0.000000159. The second kappa shape index (κ2) is 11.4. The Labute approximate surface area is 84.5 Å². The molecule has 0 aromatic heterocycles. The molecule has 0 atom stereocenters. The normalized spacial score (nSPS) is 6.57. The highest BCUT2D eigenvalue weighted by Gasteiger charge is 1.72. The van der Waals surface area contributed by atoms with E-state index in [0.29, 0.717) is 0 Å². The largest absolute Gasteiger partial charge is 0.412 e. The van der Waals surface area contributed by atoms with Crippen LogP contribution in [0.1, 0.15) is 0 Å². The van der Waals surface area contributed by atoms with Gasteiger partial charge in [0.25, 0.3) is 0 Å². The van der Waals surface area contributed by atoms with Crippen LogP contribution in [0.5, 0.6) is 0 Å². The molecule has 1 aromatic rings. The maximum atomic E-state index is 9.47. The molecule has 5 heteroatoms. The molecule has 4 nitrogen and oxygen atoms in total. The van der Waals surface area contributed by atoms with Crippen molar-refractivity contribution in [2.75, 3.05) is 0 Å². The fourth-order valence-corrected chi connectivity index (χ4v) is 0.534. The molecular formula is C9H16BNO3. The highest BCUT2D eigenvalue weighted by Crippen LogP contribution is 1.76. The molecule has 14 heavy (non-hydrogen) atoms. The van der Waals surface area contributed by atoms with Gasteiger partial charge in [-0.2, -0.15) is 0 Å². The van der Waals surface area contributed by atoms with Gasteiger partial charge in [0.05, 0.1) is 0 Å². The third kappa shape index (κ3) is 13.0. The summed E-state index contributed by atoms with van der Waals surface area (Å²) in [6, 6.07) is 10.3. The molecule has 0 aliphatic carbocycles. The summed E-state index contributed by atoms with van der Waals surface area (Å²) in [5, 5.41) is 0. The summed E-state index contributed by atoms with van der Waals surface area (Å²) in [5.41, 5.74) is 5.86. The van der Waals surface area contributed by atoms with Crippen molar-refractivity contribution >= 4 is 19.2 Å². The maximum Gasteiger partial charge on any atom is 0.240 e. The first-order valence-corrected chi connectivity index (χ1v) is 3.60. The van der Waals surface area contributed by atoms with E-state index >= 15 is 0 Å². The number of carbonyl (C=O) groups is 1. The molecule has 0 saturated heterocycles. The highest BCUT2D eigenvalue weighted by atomic mass is 16.1. The predicted molar refractivity (Wildman–Crippen MR) is 61.2 cm³/mol. The number of nitrogens with two attached hydrogens (primary N) is 1. The second-order valence-electron chi connectivity index (χ2n) is 2.26. The zero-order valence-electron chi connectivity index (χ0n) is 8.16. The fourth-order valence-electron chi connectivity index (χ4n) is 0.534. The van der Waals surface area contributed by atoms with Crippen LogP contribution in [-0.4, -0.2) is 24.7 Å². The Morgan fingerprint density at radius 2 is 1.64 bits per heavy atom. The van der Waals surface area contributed by atoms with Gasteiger partial charge in [-0.15, -0.1) is 0 Å². The monoisotopic (exact) mass is 197 g/mol. The number of carbonyl (C=O) groups excluding carboxylic acids is 1. The molecule has 78 valence electrons. The first-order chi connectivity index (χ1) is 5.66. The summed E-state index contributed by atoms with van der Waals surface area (Å²) < 4.78 is 0. The van der Waals surface area contributed by atoms with Crippen LogP contribution in [0.3, 0.4) is 0 Å². The molecule has 1 aromatic carbocycles. The SMILES string of the molecule is Bc1ccccc1.C=CC(N)=O.O.O. The Kier molecular flexibility index (Phi) is 14.9. The number of hydrogen-bond donors (Lipinski definition) is 1. The molecular weight excluding hydrogens is 181 g/mol. The van der Waals surface area contributed by atoms with Crippen LogP contribution in [0.4, 0.5) is 0 Å². The number of benzene rings is 1. The zero-order valence-corrected chi connectivity index (χ0v) is 8.16. The Morgan fingerprint density at radius 1 is 1.29 bits per heavy atom. The zero-order chi connectivity index (χ0) is 9.40. The van der Waals surface area contributed by atoms with E-state index in [2.05, 4.69) is 32.3 Å². The van der Waals surface area contributed by atoms with Crippen molar-refractivity contribution in [1.29, 1.82) is 0 Å². The topological polar surface area (TPSA) is 106 Å². The van der Waals surface area contributed by atoms with Crippen LogP contribution in [0.25, 0.3) is 0 Å². The van der Waals surface area contributed by atoms with Gasteiger partial charge in [0.15, 0.2) is 0 Å². The minimum Gasteiger partial charge on any atom is -0.412 e. The average Bonchev–Trinajstić information content (AvgIpc) is 2.07. The van der Waals surface area contributed by atoms with Crippen LogP contribution in [0, 0.1) is 0 Å². The quantitative estimate of drug-likeness (QED) is 0.406. The van der Waals surface area contributed by atoms with E-state index in [0.717, 1.165) is 6.08 Å². The molecule has 0 radical (unpaired) electrons. The standard InChI is InChI=1S/C6H7B.C3H5NO.2H2O/c7-6-4-2-1-3-5-6;1-2-3(4)5;;/h1-5H,7H2;2H,1H2,(H2,4,5);2*1H2. The van der Waals surface area contributed by atoms with Crippen LogP contribution >= 0.6 is 0 Å². The van der Waals surface area contributed by atoms with Crippen molar-refractivity contribution in [1.82, 2.24) is 0 Å². The number of rotatable bonds is 1. The van der Waals surface area contributed by atoms with E-state index in [1.807, 2.05) is 18.2 Å². The van der Waals surface area contributed by atoms with Crippen molar-refractivity contribution in [3.8, 4) is 0 Å². The van der Waals surface area contributed by atoms with Crippen LogP contribution in [0.15, 0.2) is 43.0 Å². The molecule has 0 saturated carbocycles. The second-order valence-corrected chi connectivity index (χ2v) is 2.26. The highest BCUT2D eigenvalue weighted by molar-refractivity contribution is 6.32. The third-order valence-corrected chi connectivity index (χ3v) is 1.14. The lowest BCUT2D eigenvalue weighted by atomic mass is 9.97. The van der Waals surface area contributed by atoms with E-state index in [9.17, 15) is 4.79 Å². The maximum absolute atomic E-state index is 9.47. The van der Waals surface area contributed by atoms with E-state index in [4.69, 9.17) is 0 Å². The first kappa shape index (κ1) is 18.2. The van der Waals surface area contributed by atoms with Crippen LogP contribution in [0.2, 0.25) is 0 Å². The molecule has 0 heterocycles. The summed E-state index contributed by atoms with van der Waals surface area (Å²) in [6.45, 7) is 3.09. The average molecular weight is 197 g/mol. The molecule has 1 rings (SSSR count). The number of hydrogen-bond acceptors (Lipinski definition) is 1. The molecule has 0 fully saturated rings.